The Balaban J connectivity index is 1.86. The van der Waals surface area contributed by atoms with Gasteiger partial charge in [0.25, 0.3) is 0 Å². The second-order valence-electron chi connectivity index (χ2n) is 8.55. The van der Waals surface area contributed by atoms with E-state index in [4.69, 9.17) is 16.3 Å². The van der Waals surface area contributed by atoms with Gasteiger partial charge in [-0.3, -0.25) is 0 Å². The number of nitriles is 1. The average Bonchev–Trinajstić information content (AvgIpc) is 3.04. The molecule has 0 spiro atoms. The minimum Gasteiger partial charge on any atom is -0.484 e. The summed E-state index contributed by atoms with van der Waals surface area (Å²) in [7, 11) is 0. The number of aromatic nitrogens is 3. The molecule has 0 amide bonds. The summed E-state index contributed by atoms with van der Waals surface area (Å²) in [6, 6.07) is 7.42. The average molecular weight is 551 g/mol. The molecule has 0 saturated carbocycles. The standard InChI is InChI=1S/C22H20ClIN4O3/c1-22(2,3)17-14(8-7-13-16(17)20(24)27-28(13)21(29)30)31-15-6-4-5-11-9-12(10-25)19(23)26-18(11)15/h7-9,15H,4-6H2,1-3H3,(H,29,30). The third-order valence-corrected chi connectivity index (χ3v) is 6.44. The van der Waals surface area contributed by atoms with Gasteiger partial charge in [-0.15, -0.1) is 0 Å². The van der Waals surface area contributed by atoms with Gasteiger partial charge in [0.05, 0.1) is 16.8 Å². The normalized spacial score (nSPS) is 16.1. The summed E-state index contributed by atoms with van der Waals surface area (Å²) in [5.74, 6) is 0.669. The summed E-state index contributed by atoms with van der Waals surface area (Å²) < 4.78 is 8.11. The van der Waals surface area contributed by atoms with Crippen LogP contribution in [0.3, 0.4) is 0 Å². The van der Waals surface area contributed by atoms with E-state index in [0.717, 1.165) is 46.2 Å². The van der Waals surface area contributed by atoms with Crippen LogP contribution < -0.4 is 4.74 Å². The molecule has 160 valence electrons. The zero-order chi connectivity index (χ0) is 22.5. The van der Waals surface area contributed by atoms with Crippen molar-refractivity contribution in [2.24, 2.45) is 0 Å². The van der Waals surface area contributed by atoms with Gasteiger partial charge < -0.3 is 9.84 Å². The van der Waals surface area contributed by atoms with E-state index in [0.29, 0.717) is 20.5 Å². The summed E-state index contributed by atoms with van der Waals surface area (Å²) in [5.41, 5.74) is 3.20. The number of aryl methyl sites for hydroxylation is 1. The number of rotatable bonds is 2. The highest BCUT2D eigenvalue weighted by Gasteiger charge is 2.31. The molecule has 2 aromatic heterocycles. The fraction of sp³-hybridized carbons (Fsp3) is 0.364. The number of fused-ring (bicyclic) bond motifs is 2. The highest BCUT2D eigenvalue weighted by molar-refractivity contribution is 14.1. The van der Waals surface area contributed by atoms with E-state index in [1.807, 2.05) is 0 Å². The maximum absolute atomic E-state index is 11.6. The lowest BCUT2D eigenvalue weighted by atomic mass is 9.84. The smallest absolute Gasteiger partial charge is 0.432 e. The van der Waals surface area contributed by atoms with Gasteiger partial charge in [0, 0.05) is 10.9 Å². The molecule has 0 fully saturated rings. The van der Waals surface area contributed by atoms with Gasteiger partial charge in [-0.05, 0) is 71.0 Å². The molecule has 1 aliphatic rings. The SMILES string of the molecule is CC(C)(C)c1c(OC2CCCc3cc(C#N)c(Cl)nc32)ccc2c1c(I)nn2C(=O)O. The van der Waals surface area contributed by atoms with Crippen molar-refractivity contribution in [1.29, 1.82) is 5.26 Å². The van der Waals surface area contributed by atoms with E-state index < -0.39 is 6.09 Å². The summed E-state index contributed by atoms with van der Waals surface area (Å²) in [6.45, 7) is 6.18. The highest BCUT2D eigenvalue weighted by Crippen LogP contribution is 2.43. The molecule has 2 heterocycles. The largest absolute Gasteiger partial charge is 0.484 e. The molecule has 1 atom stereocenters. The lowest BCUT2D eigenvalue weighted by Crippen LogP contribution is -2.20. The molecule has 0 saturated heterocycles. The predicted molar refractivity (Wildman–Crippen MR) is 125 cm³/mol. The molecule has 1 unspecified atom stereocenters. The van der Waals surface area contributed by atoms with Crippen molar-refractivity contribution in [3.8, 4) is 11.8 Å². The van der Waals surface area contributed by atoms with Crippen LogP contribution in [0.1, 0.15) is 62.1 Å². The van der Waals surface area contributed by atoms with Crippen molar-refractivity contribution in [3.63, 3.8) is 0 Å². The monoisotopic (exact) mass is 550 g/mol. The molecule has 0 bridgehead atoms. The summed E-state index contributed by atoms with van der Waals surface area (Å²) in [4.78, 5) is 16.1. The first-order chi connectivity index (χ1) is 14.6. The molecule has 3 aromatic rings. The van der Waals surface area contributed by atoms with Gasteiger partial charge in [0.1, 0.15) is 26.8 Å². The van der Waals surface area contributed by atoms with E-state index >= 15 is 0 Å². The first-order valence-electron chi connectivity index (χ1n) is 9.83. The summed E-state index contributed by atoms with van der Waals surface area (Å²) >= 11 is 8.27. The lowest BCUT2D eigenvalue weighted by molar-refractivity contribution is 0.175. The Kier molecular flexibility index (Phi) is 5.60. The number of hydrogen-bond donors (Lipinski definition) is 1. The molecule has 1 aliphatic carbocycles. The third kappa shape index (κ3) is 3.85. The first kappa shape index (κ1) is 21.8. The Labute approximate surface area is 198 Å². The van der Waals surface area contributed by atoms with Crippen LogP contribution in [-0.2, 0) is 11.8 Å². The minimum atomic E-state index is -1.13. The van der Waals surface area contributed by atoms with Gasteiger partial charge in [0.15, 0.2) is 0 Å². The van der Waals surface area contributed by atoms with E-state index in [2.05, 4.69) is 59.5 Å². The van der Waals surface area contributed by atoms with E-state index in [1.54, 1.807) is 18.2 Å². The van der Waals surface area contributed by atoms with Gasteiger partial charge in [-0.2, -0.15) is 15.0 Å². The zero-order valence-corrected chi connectivity index (χ0v) is 20.2. The van der Waals surface area contributed by atoms with Crippen LogP contribution in [0.4, 0.5) is 4.79 Å². The van der Waals surface area contributed by atoms with Crippen molar-refractivity contribution >= 4 is 51.2 Å². The fourth-order valence-electron chi connectivity index (χ4n) is 4.12. The van der Waals surface area contributed by atoms with E-state index in [9.17, 15) is 15.2 Å². The van der Waals surface area contributed by atoms with Crippen LogP contribution in [0.25, 0.3) is 10.9 Å². The quantitative estimate of drug-likeness (QED) is 0.318. The van der Waals surface area contributed by atoms with Crippen molar-refractivity contribution in [2.75, 3.05) is 0 Å². The van der Waals surface area contributed by atoms with E-state index in [1.165, 1.54) is 0 Å². The fourth-order valence-corrected chi connectivity index (χ4v) is 5.07. The molecule has 1 N–H and O–H groups in total. The number of carbonyl (C=O) groups is 1. The van der Waals surface area contributed by atoms with Crippen LogP contribution in [0.15, 0.2) is 18.2 Å². The zero-order valence-electron chi connectivity index (χ0n) is 17.2. The van der Waals surface area contributed by atoms with Crippen LogP contribution in [0, 0.1) is 15.0 Å². The molecule has 9 heteroatoms. The van der Waals surface area contributed by atoms with Crippen LogP contribution in [0.2, 0.25) is 5.15 Å². The van der Waals surface area contributed by atoms with Crippen molar-refractivity contribution in [1.82, 2.24) is 14.8 Å². The predicted octanol–water partition coefficient (Wildman–Crippen LogP) is 5.84. The molecular weight excluding hydrogens is 531 g/mol. The first-order valence-corrected chi connectivity index (χ1v) is 11.3. The van der Waals surface area contributed by atoms with Gasteiger partial charge in [0.2, 0.25) is 0 Å². The van der Waals surface area contributed by atoms with Crippen LogP contribution >= 0.6 is 34.2 Å². The maximum atomic E-state index is 11.6. The second kappa shape index (κ2) is 7.95. The number of ether oxygens (including phenoxy) is 1. The second-order valence-corrected chi connectivity index (χ2v) is 9.93. The Morgan fingerprint density at radius 1 is 1.42 bits per heavy atom. The highest BCUT2D eigenvalue weighted by atomic mass is 127. The Morgan fingerprint density at radius 3 is 2.81 bits per heavy atom. The number of benzene rings is 1. The maximum Gasteiger partial charge on any atom is 0.432 e. The van der Waals surface area contributed by atoms with Crippen molar-refractivity contribution < 1.29 is 14.6 Å². The van der Waals surface area contributed by atoms with E-state index in [-0.39, 0.29) is 16.7 Å². The van der Waals surface area contributed by atoms with Gasteiger partial charge in [-0.25, -0.2) is 9.78 Å². The molecule has 7 nitrogen and oxygen atoms in total. The van der Waals surface area contributed by atoms with Crippen molar-refractivity contribution in [3.05, 3.63) is 49.4 Å². The number of carboxylic acid groups (broad SMARTS) is 1. The number of nitrogens with zero attached hydrogens (tertiary/aromatic N) is 4. The number of pyridine rings is 1. The summed E-state index contributed by atoms with van der Waals surface area (Å²) in [6.07, 6.45) is 1.07. The molecule has 1 aromatic carbocycles. The Bertz CT molecular complexity index is 1260. The lowest BCUT2D eigenvalue weighted by Gasteiger charge is -2.29. The van der Waals surface area contributed by atoms with Crippen LogP contribution in [-0.4, -0.2) is 26.0 Å². The number of halogens is 2. The van der Waals surface area contributed by atoms with Gasteiger partial charge in [-0.1, -0.05) is 32.4 Å². The molecule has 0 radical (unpaired) electrons. The molecule has 0 aliphatic heterocycles. The minimum absolute atomic E-state index is 0.181. The molecule has 31 heavy (non-hydrogen) atoms. The molecular formula is C22H20ClIN4O3. The molecule has 4 rings (SSSR count). The third-order valence-electron chi connectivity index (χ3n) is 5.39. The Morgan fingerprint density at radius 2 is 2.16 bits per heavy atom. The number of hydrogen-bond acceptors (Lipinski definition) is 5. The van der Waals surface area contributed by atoms with Crippen LogP contribution in [0.5, 0.6) is 5.75 Å². The van der Waals surface area contributed by atoms with Crippen molar-refractivity contribution in [2.45, 2.75) is 51.6 Å². The topological polar surface area (TPSA) is 101 Å². The van der Waals surface area contributed by atoms with Gasteiger partial charge >= 0.3 is 6.09 Å². The summed E-state index contributed by atoms with van der Waals surface area (Å²) in [5, 5.41) is 23.9. The Hall–Kier alpha value is -2.38.